The van der Waals surface area contributed by atoms with E-state index in [0.29, 0.717) is 6.54 Å². The van der Waals surface area contributed by atoms with Gasteiger partial charge in [-0.25, -0.2) is 4.79 Å². The van der Waals surface area contributed by atoms with E-state index in [4.69, 9.17) is 16.6 Å². The molecule has 7 nitrogen and oxygen atoms in total. The van der Waals surface area contributed by atoms with Gasteiger partial charge in [0.15, 0.2) is 0 Å². The van der Waals surface area contributed by atoms with Gasteiger partial charge in [0.1, 0.15) is 6.04 Å². The maximum Gasteiger partial charge on any atom is 0.326 e. The van der Waals surface area contributed by atoms with Gasteiger partial charge in [0.25, 0.3) is 0 Å². The number of primary amides is 1. The Morgan fingerprint density at radius 2 is 1.80 bits per heavy atom. The van der Waals surface area contributed by atoms with Crippen LogP contribution in [0.25, 0.3) is 0 Å². The van der Waals surface area contributed by atoms with Crippen LogP contribution in [0.1, 0.15) is 44.9 Å². The summed E-state index contributed by atoms with van der Waals surface area (Å²) in [6, 6.07) is -1.27. The molecular formula is C13H23N3O4. The van der Waals surface area contributed by atoms with Gasteiger partial charge in [-0.05, 0) is 24.8 Å². The first-order valence-electron chi connectivity index (χ1n) is 6.89. The first-order valence-corrected chi connectivity index (χ1v) is 6.89. The van der Waals surface area contributed by atoms with Crippen molar-refractivity contribution in [2.24, 2.45) is 16.9 Å². The van der Waals surface area contributed by atoms with Crippen molar-refractivity contribution in [3.8, 4) is 0 Å². The minimum Gasteiger partial charge on any atom is -0.480 e. The monoisotopic (exact) mass is 285 g/mol. The number of carbonyl (C=O) groups is 3. The molecule has 0 radical (unpaired) electrons. The zero-order chi connectivity index (χ0) is 15.2. The third-order valence-corrected chi connectivity index (χ3v) is 3.92. The SMILES string of the molecule is NCC1(CC(=O)N[C@H](CC(N)=O)C(=O)O)CCCCC1. The maximum atomic E-state index is 12.0. The summed E-state index contributed by atoms with van der Waals surface area (Å²) in [4.78, 5) is 33.7. The Kier molecular flexibility index (Phi) is 5.94. The lowest BCUT2D eigenvalue weighted by molar-refractivity contribution is -0.143. The Balaban J connectivity index is 2.59. The van der Waals surface area contributed by atoms with E-state index in [1.165, 1.54) is 0 Å². The number of carbonyl (C=O) groups excluding carboxylic acids is 2. The van der Waals surface area contributed by atoms with E-state index in [2.05, 4.69) is 5.32 Å². The summed E-state index contributed by atoms with van der Waals surface area (Å²) in [5.74, 6) is -2.41. The average molecular weight is 285 g/mol. The minimum atomic E-state index is -1.27. The van der Waals surface area contributed by atoms with Gasteiger partial charge in [0, 0.05) is 6.42 Å². The molecule has 0 heterocycles. The summed E-state index contributed by atoms with van der Waals surface area (Å²) in [6.45, 7) is 0.411. The standard InChI is InChI=1S/C13H23N3O4/c14-8-13(4-2-1-3-5-13)7-11(18)16-9(12(19)20)6-10(15)17/h9H,1-8,14H2,(H2,15,17)(H,16,18)(H,19,20)/t9-/m1/s1. The Labute approximate surface area is 118 Å². The Morgan fingerprint density at radius 1 is 1.20 bits per heavy atom. The number of carboxylic acid groups (broad SMARTS) is 1. The molecule has 1 aliphatic rings. The molecule has 0 unspecified atom stereocenters. The van der Waals surface area contributed by atoms with Crippen LogP contribution in [-0.2, 0) is 14.4 Å². The summed E-state index contributed by atoms with van der Waals surface area (Å²) in [7, 11) is 0. The summed E-state index contributed by atoms with van der Waals surface area (Å²) >= 11 is 0. The molecule has 0 bridgehead atoms. The van der Waals surface area contributed by atoms with Gasteiger partial charge in [0.05, 0.1) is 6.42 Å². The van der Waals surface area contributed by atoms with Gasteiger partial charge in [-0.3, -0.25) is 9.59 Å². The van der Waals surface area contributed by atoms with Crippen LogP contribution in [0.3, 0.4) is 0 Å². The molecule has 2 amide bonds. The van der Waals surface area contributed by atoms with Crippen LogP contribution in [0.15, 0.2) is 0 Å². The van der Waals surface area contributed by atoms with Gasteiger partial charge < -0.3 is 21.9 Å². The summed E-state index contributed by atoms with van der Waals surface area (Å²) in [6.07, 6.45) is 4.77. The zero-order valence-electron chi connectivity index (χ0n) is 11.6. The lowest BCUT2D eigenvalue weighted by Gasteiger charge is -2.35. The van der Waals surface area contributed by atoms with Crippen LogP contribution in [0.5, 0.6) is 0 Å². The fraction of sp³-hybridized carbons (Fsp3) is 0.769. The Morgan fingerprint density at radius 3 is 2.25 bits per heavy atom. The second-order valence-corrected chi connectivity index (χ2v) is 5.57. The van der Waals surface area contributed by atoms with Crippen LogP contribution in [-0.4, -0.2) is 35.5 Å². The van der Waals surface area contributed by atoms with Crippen molar-refractivity contribution in [3.05, 3.63) is 0 Å². The Hall–Kier alpha value is -1.63. The summed E-state index contributed by atoms with van der Waals surface area (Å²) in [5.41, 5.74) is 10.5. The molecule has 0 aliphatic heterocycles. The van der Waals surface area contributed by atoms with E-state index in [9.17, 15) is 14.4 Å². The number of nitrogens with one attached hydrogen (secondary N) is 1. The predicted octanol–water partition coefficient (Wildman–Crippen LogP) is -0.269. The molecule has 20 heavy (non-hydrogen) atoms. The highest BCUT2D eigenvalue weighted by Gasteiger charge is 2.34. The van der Waals surface area contributed by atoms with Crippen LogP contribution >= 0.6 is 0 Å². The predicted molar refractivity (Wildman–Crippen MR) is 72.6 cm³/mol. The van der Waals surface area contributed by atoms with Crippen molar-refractivity contribution >= 4 is 17.8 Å². The van der Waals surface area contributed by atoms with Crippen molar-refractivity contribution < 1.29 is 19.5 Å². The highest BCUT2D eigenvalue weighted by atomic mass is 16.4. The number of nitrogens with two attached hydrogens (primary N) is 2. The third kappa shape index (κ3) is 4.80. The van der Waals surface area contributed by atoms with E-state index in [0.717, 1.165) is 32.1 Å². The first-order chi connectivity index (χ1) is 9.38. The Bertz CT molecular complexity index is 378. The third-order valence-electron chi connectivity index (χ3n) is 3.92. The molecular weight excluding hydrogens is 262 g/mol. The molecule has 0 aromatic carbocycles. The molecule has 1 saturated carbocycles. The maximum absolute atomic E-state index is 12.0. The number of hydrogen-bond acceptors (Lipinski definition) is 4. The van der Waals surface area contributed by atoms with Gasteiger partial charge >= 0.3 is 5.97 Å². The number of amides is 2. The quantitative estimate of drug-likeness (QED) is 0.510. The summed E-state index contributed by atoms with van der Waals surface area (Å²) < 4.78 is 0. The molecule has 114 valence electrons. The smallest absolute Gasteiger partial charge is 0.326 e. The van der Waals surface area contributed by atoms with Crippen molar-refractivity contribution in [2.75, 3.05) is 6.54 Å². The number of carboxylic acids is 1. The van der Waals surface area contributed by atoms with E-state index >= 15 is 0 Å². The molecule has 6 N–H and O–H groups in total. The fourth-order valence-electron chi connectivity index (χ4n) is 2.74. The molecule has 1 atom stereocenters. The van der Waals surface area contributed by atoms with E-state index in [-0.39, 0.29) is 17.7 Å². The minimum absolute atomic E-state index is 0.200. The lowest BCUT2D eigenvalue weighted by atomic mass is 9.71. The largest absolute Gasteiger partial charge is 0.480 e. The molecule has 1 fully saturated rings. The fourth-order valence-corrected chi connectivity index (χ4v) is 2.74. The van der Waals surface area contributed by atoms with E-state index in [1.807, 2.05) is 0 Å². The molecule has 1 aliphatic carbocycles. The normalized spacial score (nSPS) is 19.1. The van der Waals surface area contributed by atoms with Gasteiger partial charge in [-0.15, -0.1) is 0 Å². The number of hydrogen-bond donors (Lipinski definition) is 4. The van der Waals surface area contributed by atoms with Crippen LogP contribution in [0, 0.1) is 5.41 Å². The van der Waals surface area contributed by atoms with Crippen molar-refractivity contribution in [2.45, 2.75) is 51.0 Å². The second-order valence-electron chi connectivity index (χ2n) is 5.57. The van der Waals surface area contributed by atoms with Crippen molar-refractivity contribution in [1.29, 1.82) is 0 Å². The molecule has 0 saturated heterocycles. The molecule has 0 spiro atoms. The zero-order valence-corrected chi connectivity index (χ0v) is 11.6. The second kappa shape index (κ2) is 7.23. The molecule has 0 aromatic rings. The highest BCUT2D eigenvalue weighted by Crippen LogP contribution is 2.38. The van der Waals surface area contributed by atoms with E-state index < -0.39 is 24.3 Å². The molecule has 0 aromatic heterocycles. The van der Waals surface area contributed by atoms with Crippen LogP contribution in [0.4, 0.5) is 0 Å². The highest BCUT2D eigenvalue weighted by molar-refractivity contribution is 5.88. The van der Waals surface area contributed by atoms with Gasteiger partial charge in [-0.1, -0.05) is 19.3 Å². The van der Waals surface area contributed by atoms with Crippen LogP contribution < -0.4 is 16.8 Å². The summed E-state index contributed by atoms with van der Waals surface area (Å²) in [5, 5.41) is 11.3. The topological polar surface area (TPSA) is 136 Å². The van der Waals surface area contributed by atoms with Gasteiger partial charge in [-0.2, -0.15) is 0 Å². The van der Waals surface area contributed by atoms with Gasteiger partial charge in [0.2, 0.25) is 11.8 Å². The number of rotatable bonds is 7. The lowest BCUT2D eigenvalue weighted by Crippen LogP contribution is -2.46. The van der Waals surface area contributed by atoms with Crippen LogP contribution in [0.2, 0.25) is 0 Å². The molecule has 7 heteroatoms. The van der Waals surface area contributed by atoms with Crippen molar-refractivity contribution in [1.82, 2.24) is 5.32 Å². The number of aliphatic carboxylic acids is 1. The van der Waals surface area contributed by atoms with E-state index in [1.54, 1.807) is 0 Å². The van der Waals surface area contributed by atoms with Crippen molar-refractivity contribution in [3.63, 3.8) is 0 Å². The molecule has 1 rings (SSSR count). The average Bonchev–Trinajstić information content (AvgIpc) is 2.38. The first kappa shape index (κ1) is 16.4.